The van der Waals surface area contributed by atoms with Crippen molar-refractivity contribution in [2.75, 3.05) is 13.1 Å². The predicted octanol–water partition coefficient (Wildman–Crippen LogP) is 4.94. The topological polar surface area (TPSA) is 49.0 Å². The second kappa shape index (κ2) is 6.74. The SMILES string of the molecule is O=C(c1nc(Cl)ccc1Cl)N1CC=C(c2c[nH]c3cc(F)ccc23)CC1. The number of fused-ring (bicyclic) bond motifs is 1. The molecule has 26 heavy (non-hydrogen) atoms. The van der Waals surface area contributed by atoms with Crippen molar-refractivity contribution in [3.63, 3.8) is 0 Å². The number of amides is 1. The van der Waals surface area contributed by atoms with Gasteiger partial charge >= 0.3 is 0 Å². The highest BCUT2D eigenvalue weighted by Crippen LogP contribution is 2.30. The molecule has 1 aliphatic rings. The second-order valence-electron chi connectivity index (χ2n) is 6.09. The Kier molecular flexibility index (Phi) is 4.42. The first-order valence-electron chi connectivity index (χ1n) is 8.10. The summed E-state index contributed by atoms with van der Waals surface area (Å²) in [5.74, 6) is -0.514. The number of nitrogens with one attached hydrogen (secondary N) is 1. The zero-order valence-corrected chi connectivity index (χ0v) is 15.1. The van der Waals surface area contributed by atoms with Gasteiger partial charge in [-0.05, 0) is 42.3 Å². The maximum Gasteiger partial charge on any atom is 0.274 e. The van der Waals surface area contributed by atoms with Gasteiger partial charge in [0.25, 0.3) is 5.91 Å². The summed E-state index contributed by atoms with van der Waals surface area (Å²) in [5.41, 5.74) is 3.08. The van der Waals surface area contributed by atoms with Gasteiger partial charge in [0, 0.05) is 35.8 Å². The van der Waals surface area contributed by atoms with Crippen LogP contribution < -0.4 is 0 Å². The lowest BCUT2D eigenvalue weighted by atomic mass is 9.98. The standard InChI is InChI=1S/C19H14Cl2FN3O/c20-15-3-4-17(21)24-18(15)19(26)25-7-5-11(6-8-25)14-10-23-16-9-12(22)1-2-13(14)16/h1-5,9-10,23H,6-8H2. The normalized spacial score (nSPS) is 14.6. The van der Waals surface area contributed by atoms with Crippen LogP contribution in [0.4, 0.5) is 4.39 Å². The zero-order valence-electron chi connectivity index (χ0n) is 13.6. The van der Waals surface area contributed by atoms with E-state index in [2.05, 4.69) is 9.97 Å². The van der Waals surface area contributed by atoms with Crippen molar-refractivity contribution in [3.8, 4) is 0 Å². The molecule has 1 N–H and O–H groups in total. The van der Waals surface area contributed by atoms with Gasteiger partial charge in [0.2, 0.25) is 0 Å². The average molecular weight is 390 g/mol. The molecule has 1 aliphatic heterocycles. The molecule has 0 bridgehead atoms. The summed E-state index contributed by atoms with van der Waals surface area (Å²) in [6.45, 7) is 0.996. The summed E-state index contributed by atoms with van der Waals surface area (Å²) >= 11 is 12.0. The van der Waals surface area contributed by atoms with Crippen LogP contribution in [0.5, 0.6) is 0 Å². The summed E-state index contributed by atoms with van der Waals surface area (Å²) in [7, 11) is 0. The number of aromatic amines is 1. The molecule has 1 amide bonds. The second-order valence-corrected chi connectivity index (χ2v) is 6.88. The molecule has 4 nitrogen and oxygen atoms in total. The van der Waals surface area contributed by atoms with Crippen molar-refractivity contribution in [2.24, 2.45) is 0 Å². The summed E-state index contributed by atoms with van der Waals surface area (Å²) < 4.78 is 13.3. The Morgan fingerprint density at radius 3 is 2.85 bits per heavy atom. The Hall–Kier alpha value is -2.37. The van der Waals surface area contributed by atoms with E-state index in [4.69, 9.17) is 23.2 Å². The van der Waals surface area contributed by atoms with E-state index in [1.807, 2.05) is 12.3 Å². The molecule has 4 rings (SSSR count). The van der Waals surface area contributed by atoms with Gasteiger partial charge in [-0.3, -0.25) is 4.79 Å². The average Bonchev–Trinajstić information content (AvgIpc) is 3.06. The smallest absolute Gasteiger partial charge is 0.274 e. The minimum Gasteiger partial charge on any atom is -0.360 e. The van der Waals surface area contributed by atoms with Crippen molar-refractivity contribution in [1.29, 1.82) is 0 Å². The first kappa shape index (κ1) is 17.1. The molecule has 0 saturated carbocycles. The highest BCUT2D eigenvalue weighted by Gasteiger charge is 2.23. The van der Waals surface area contributed by atoms with Gasteiger partial charge in [-0.15, -0.1) is 0 Å². The highest BCUT2D eigenvalue weighted by atomic mass is 35.5. The van der Waals surface area contributed by atoms with Crippen LogP contribution >= 0.6 is 23.2 Å². The molecule has 3 heterocycles. The van der Waals surface area contributed by atoms with Gasteiger partial charge in [0.1, 0.15) is 16.7 Å². The van der Waals surface area contributed by atoms with Gasteiger partial charge in [-0.25, -0.2) is 9.37 Å². The Morgan fingerprint density at radius 1 is 1.23 bits per heavy atom. The van der Waals surface area contributed by atoms with E-state index >= 15 is 0 Å². The van der Waals surface area contributed by atoms with Crippen LogP contribution in [0, 0.1) is 5.82 Å². The Bertz CT molecular complexity index is 1040. The van der Waals surface area contributed by atoms with Crippen molar-refractivity contribution < 1.29 is 9.18 Å². The maximum atomic E-state index is 13.3. The molecule has 1 aromatic carbocycles. The Morgan fingerprint density at radius 2 is 2.08 bits per heavy atom. The summed E-state index contributed by atoms with van der Waals surface area (Å²) in [6, 6.07) is 7.82. The molecule has 0 fully saturated rings. The molecule has 7 heteroatoms. The van der Waals surface area contributed by atoms with E-state index in [0.717, 1.165) is 22.0 Å². The molecule has 0 spiro atoms. The van der Waals surface area contributed by atoms with E-state index in [1.54, 1.807) is 23.1 Å². The summed E-state index contributed by atoms with van der Waals surface area (Å²) in [4.78, 5) is 21.5. The van der Waals surface area contributed by atoms with Crippen molar-refractivity contribution in [2.45, 2.75) is 6.42 Å². The largest absolute Gasteiger partial charge is 0.360 e. The number of carbonyl (C=O) groups is 1. The minimum absolute atomic E-state index is 0.165. The fraction of sp³-hybridized carbons (Fsp3) is 0.158. The van der Waals surface area contributed by atoms with Gasteiger partial charge in [-0.2, -0.15) is 0 Å². The van der Waals surface area contributed by atoms with Crippen LogP contribution in [0.25, 0.3) is 16.5 Å². The number of rotatable bonds is 2. The van der Waals surface area contributed by atoms with Gasteiger partial charge < -0.3 is 9.88 Å². The van der Waals surface area contributed by atoms with Gasteiger partial charge in [-0.1, -0.05) is 29.3 Å². The summed E-state index contributed by atoms with van der Waals surface area (Å²) in [6.07, 6.45) is 4.57. The van der Waals surface area contributed by atoms with Crippen molar-refractivity contribution in [1.82, 2.24) is 14.9 Å². The van der Waals surface area contributed by atoms with Crippen LogP contribution in [0.2, 0.25) is 10.2 Å². The highest BCUT2D eigenvalue weighted by molar-refractivity contribution is 6.34. The van der Waals surface area contributed by atoms with Crippen LogP contribution in [-0.4, -0.2) is 33.9 Å². The molecular formula is C19H14Cl2FN3O. The molecule has 2 aromatic heterocycles. The fourth-order valence-corrected chi connectivity index (χ4v) is 3.51. The van der Waals surface area contributed by atoms with E-state index in [-0.39, 0.29) is 27.6 Å². The zero-order chi connectivity index (χ0) is 18.3. The van der Waals surface area contributed by atoms with Gasteiger partial charge in [0.05, 0.1) is 5.02 Å². The molecule has 0 atom stereocenters. The fourth-order valence-electron chi connectivity index (χ4n) is 3.18. The number of hydrogen-bond donors (Lipinski definition) is 1. The van der Waals surface area contributed by atoms with Crippen molar-refractivity contribution in [3.05, 3.63) is 69.9 Å². The lowest BCUT2D eigenvalue weighted by molar-refractivity contribution is 0.0767. The lowest BCUT2D eigenvalue weighted by Crippen LogP contribution is -2.35. The van der Waals surface area contributed by atoms with Crippen molar-refractivity contribution >= 4 is 45.6 Å². The predicted molar refractivity (Wildman–Crippen MR) is 101 cm³/mol. The number of nitrogens with zero attached hydrogens (tertiary/aromatic N) is 2. The Balaban J connectivity index is 1.58. The van der Waals surface area contributed by atoms with Gasteiger partial charge in [0.15, 0.2) is 0 Å². The molecule has 0 saturated heterocycles. The number of aromatic nitrogens is 2. The molecule has 0 aliphatic carbocycles. The molecule has 3 aromatic rings. The van der Waals surface area contributed by atoms with E-state index in [9.17, 15) is 9.18 Å². The maximum absolute atomic E-state index is 13.3. The number of pyridine rings is 1. The summed E-state index contributed by atoms with van der Waals surface area (Å²) in [5, 5.41) is 1.49. The molecule has 132 valence electrons. The third kappa shape index (κ3) is 3.08. The van der Waals surface area contributed by atoms with Crippen LogP contribution in [-0.2, 0) is 0 Å². The number of H-pyrrole nitrogens is 1. The molecule has 0 unspecified atom stereocenters. The number of benzene rings is 1. The molecular weight excluding hydrogens is 376 g/mol. The number of halogens is 3. The monoisotopic (exact) mass is 389 g/mol. The van der Waals surface area contributed by atoms with Crippen LogP contribution in [0.1, 0.15) is 22.5 Å². The lowest BCUT2D eigenvalue weighted by Gasteiger charge is -2.26. The van der Waals surface area contributed by atoms with E-state index < -0.39 is 0 Å². The number of hydrogen-bond acceptors (Lipinski definition) is 2. The van der Waals surface area contributed by atoms with Crippen LogP contribution in [0.15, 0.2) is 42.6 Å². The van der Waals surface area contributed by atoms with Crippen LogP contribution in [0.3, 0.4) is 0 Å². The third-order valence-electron chi connectivity index (χ3n) is 4.50. The first-order valence-corrected chi connectivity index (χ1v) is 8.86. The van der Waals surface area contributed by atoms with E-state index in [0.29, 0.717) is 19.5 Å². The minimum atomic E-state index is -0.272. The van der Waals surface area contributed by atoms with E-state index in [1.165, 1.54) is 12.1 Å². The third-order valence-corrected chi connectivity index (χ3v) is 5.02. The Labute approximate surface area is 159 Å². The first-order chi connectivity index (χ1) is 12.5. The quantitative estimate of drug-likeness (QED) is 0.631. The number of carbonyl (C=O) groups excluding carboxylic acids is 1. The molecule has 0 radical (unpaired) electrons.